The van der Waals surface area contributed by atoms with Crippen LogP contribution in [0.1, 0.15) is 116 Å². The quantitative estimate of drug-likeness (QED) is 0.340. The number of rotatable bonds is 2. The first-order valence-corrected chi connectivity index (χ1v) is 15.7. The smallest absolute Gasteiger partial charge is 1.00 e. The number of allylic oxidation sites excluding steroid dienone is 4. The van der Waals surface area contributed by atoms with Gasteiger partial charge in [-0.05, 0) is 72.6 Å². The minimum absolute atomic E-state index is 0. The van der Waals surface area contributed by atoms with Crippen LogP contribution in [0.2, 0.25) is 0 Å². The molecule has 0 amide bonds. The summed E-state index contributed by atoms with van der Waals surface area (Å²) in [4.78, 5) is 0. The number of halogens is 2. The summed E-state index contributed by atoms with van der Waals surface area (Å²) < 4.78 is 0. The summed E-state index contributed by atoms with van der Waals surface area (Å²) in [6, 6.07) is 26.4. The Kier molecular flexibility index (Phi) is 10.1. The fourth-order valence-corrected chi connectivity index (χ4v) is 8.24. The zero-order valence-corrected chi connectivity index (χ0v) is 32.6. The van der Waals surface area contributed by atoms with Crippen LogP contribution in [0.4, 0.5) is 0 Å². The Morgan fingerprint density at radius 1 is 0.636 bits per heavy atom. The van der Waals surface area contributed by atoms with Crippen molar-refractivity contribution in [3.05, 3.63) is 118 Å². The Labute approximate surface area is 299 Å². The average Bonchev–Trinajstić information content (AvgIpc) is 3.53. The summed E-state index contributed by atoms with van der Waals surface area (Å²) in [6.45, 7) is 26.2. The average molecular weight is 705 g/mol. The summed E-state index contributed by atoms with van der Waals surface area (Å²) in [5.41, 5.74) is 13.8. The van der Waals surface area contributed by atoms with E-state index in [2.05, 4.69) is 155 Å². The van der Waals surface area contributed by atoms with Gasteiger partial charge in [0.1, 0.15) is 0 Å². The van der Waals surface area contributed by atoms with E-state index in [1.54, 1.807) is 5.57 Å². The van der Waals surface area contributed by atoms with E-state index < -0.39 is 0 Å². The largest absolute Gasteiger partial charge is 2.00 e. The topological polar surface area (TPSA) is 0 Å². The van der Waals surface area contributed by atoms with Crippen molar-refractivity contribution in [2.45, 2.75) is 105 Å². The molecule has 0 radical (unpaired) electrons. The molecule has 0 spiro atoms. The fourth-order valence-electron chi connectivity index (χ4n) is 8.24. The van der Waals surface area contributed by atoms with Gasteiger partial charge in [-0.2, -0.15) is 0 Å². The third-order valence-electron chi connectivity index (χ3n) is 10.5. The molecule has 0 saturated heterocycles. The van der Waals surface area contributed by atoms with Gasteiger partial charge in [0.15, 0.2) is 0 Å². The van der Waals surface area contributed by atoms with Crippen LogP contribution in [0.25, 0.3) is 11.1 Å². The van der Waals surface area contributed by atoms with Crippen LogP contribution in [0.3, 0.4) is 0 Å². The first-order chi connectivity index (χ1) is 18.9. The minimum atomic E-state index is -0.0594. The van der Waals surface area contributed by atoms with Gasteiger partial charge in [0.2, 0.25) is 0 Å². The summed E-state index contributed by atoms with van der Waals surface area (Å²) in [5.74, 6) is 0.672. The molecule has 3 aromatic rings. The Morgan fingerprint density at radius 3 is 1.55 bits per heavy atom. The molecule has 2 atom stereocenters. The Bertz CT molecular complexity index is 1520. The fraction of sp³-hybridized carbons (Fsp3) is 0.463. The standard InChI is InChI=1S/C41H50.2ClH.Zr/c1-37(2,3)27-17-19-30-32(21-27)33-22-28(38(4,5)6)18-20-31(33)36(30)41(26-15-13-12-14-16-26)25-40(10,11)34-23-29(24-35(34)41)39(7,8)9;;;/h12-24,35-36H,25H2,1-11H3;2*1H;/q;;;+2/p-2. The Morgan fingerprint density at radius 2 is 1.11 bits per heavy atom. The number of hydrogen-bond donors (Lipinski definition) is 0. The maximum atomic E-state index is 2.67. The molecule has 3 aliphatic rings. The molecule has 0 heterocycles. The van der Waals surface area contributed by atoms with E-state index in [0.717, 1.165) is 6.42 Å². The molecule has 3 aromatic carbocycles. The third-order valence-corrected chi connectivity index (χ3v) is 10.5. The van der Waals surface area contributed by atoms with E-state index in [-0.39, 0.29) is 78.1 Å². The van der Waals surface area contributed by atoms with Crippen molar-refractivity contribution in [3.63, 3.8) is 0 Å². The van der Waals surface area contributed by atoms with Crippen LogP contribution < -0.4 is 24.8 Å². The van der Waals surface area contributed by atoms with Gasteiger partial charge in [0.05, 0.1) is 0 Å². The number of benzene rings is 3. The predicted molar refractivity (Wildman–Crippen MR) is 177 cm³/mol. The monoisotopic (exact) mass is 702 g/mol. The molecule has 44 heavy (non-hydrogen) atoms. The van der Waals surface area contributed by atoms with E-state index in [0.29, 0.717) is 11.8 Å². The van der Waals surface area contributed by atoms with Crippen molar-refractivity contribution >= 4 is 0 Å². The van der Waals surface area contributed by atoms with Crippen LogP contribution in [0.5, 0.6) is 0 Å². The van der Waals surface area contributed by atoms with Crippen LogP contribution in [0, 0.1) is 16.7 Å². The maximum absolute atomic E-state index is 2.67. The molecule has 0 bridgehead atoms. The first-order valence-electron chi connectivity index (χ1n) is 15.7. The molecule has 1 saturated carbocycles. The van der Waals surface area contributed by atoms with Crippen molar-refractivity contribution < 1.29 is 51.0 Å². The Balaban J connectivity index is 0.00000176. The summed E-state index contributed by atoms with van der Waals surface area (Å²) in [6.07, 6.45) is 6.39. The molecule has 0 aromatic heterocycles. The third kappa shape index (κ3) is 5.82. The Hall–Kier alpha value is -1.40. The molecule has 2 unspecified atom stereocenters. The second kappa shape index (κ2) is 12.0. The molecule has 6 rings (SSSR count). The zero-order valence-electron chi connectivity index (χ0n) is 28.6. The molecule has 1 fully saturated rings. The predicted octanol–water partition coefficient (Wildman–Crippen LogP) is 5.30. The van der Waals surface area contributed by atoms with Crippen LogP contribution >= 0.6 is 0 Å². The van der Waals surface area contributed by atoms with Gasteiger partial charge in [-0.25, -0.2) is 0 Å². The van der Waals surface area contributed by atoms with Gasteiger partial charge in [0, 0.05) is 17.3 Å². The van der Waals surface area contributed by atoms with Gasteiger partial charge in [-0.15, -0.1) is 0 Å². The first kappa shape index (κ1) is 37.1. The van der Waals surface area contributed by atoms with Crippen LogP contribution in [-0.2, 0) is 42.4 Å². The number of fused-ring (bicyclic) bond motifs is 4. The van der Waals surface area contributed by atoms with Crippen LogP contribution in [0.15, 0.2) is 90.0 Å². The molecule has 3 aliphatic carbocycles. The van der Waals surface area contributed by atoms with E-state index >= 15 is 0 Å². The van der Waals surface area contributed by atoms with Crippen molar-refractivity contribution in [3.8, 4) is 11.1 Å². The molecule has 3 heteroatoms. The molecule has 0 aliphatic heterocycles. The van der Waals surface area contributed by atoms with Gasteiger partial charge in [-0.1, -0.05) is 161 Å². The van der Waals surface area contributed by atoms with Gasteiger partial charge < -0.3 is 24.8 Å². The number of hydrogen-bond acceptors (Lipinski definition) is 0. The van der Waals surface area contributed by atoms with Gasteiger partial charge in [0.25, 0.3) is 0 Å². The SMILES string of the molecule is CC(C)(C)C1=CC2C(=C1)C(C)(C)CC2(c1ccccc1)C1c2ccc(C(C)(C)C)cc2-c2cc(C(C)(C)C)ccc21.[Cl-].[Cl-].[Zr+2]. The molecular weight excluding hydrogens is 655 g/mol. The van der Waals surface area contributed by atoms with Gasteiger partial charge >= 0.3 is 26.2 Å². The van der Waals surface area contributed by atoms with Crippen molar-refractivity contribution in [1.82, 2.24) is 0 Å². The molecule has 0 nitrogen and oxygen atoms in total. The van der Waals surface area contributed by atoms with Crippen LogP contribution in [-0.4, -0.2) is 0 Å². The summed E-state index contributed by atoms with van der Waals surface area (Å²) in [7, 11) is 0. The van der Waals surface area contributed by atoms with Crippen molar-refractivity contribution in [1.29, 1.82) is 0 Å². The van der Waals surface area contributed by atoms with E-state index in [9.17, 15) is 0 Å². The normalized spacial score (nSPS) is 22.0. The zero-order chi connectivity index (χ0) is 29.8. The molecule has 232 valence electrons. The second-order valence-electron chi connectivity index (χ2n) is 17.0. The second-order valence-corrected chi connectivity index (χ2v) is 17.0. The maximum Gasteiger partial charge on any atom is 2.00 e. The summed E-state index contributed by atoms with van der Waals surface area (Å²) >= 11 is 0. The van der Waals surface area contributed by atoms with Crippen molar-refractivity contribution in [2.24, 2.45) is 16.7 Å². The summed E-state index contributed by atoms with van der Waals surface area (Å²) in [5, 5.41) is 0. The van der Waals surface area contributed by atoms with E-state index in [4.69, 9.17) is 0 Å². The van der Waals surface area contributed by atoms with E-state index in [1.807, 2.05) is 0 Å². The minimum Gasteiger partial charge on any atom is -1.00 e. The van der Waals surface area contributed by atoms with Crippen molar-refractivity contribution in [2.75, 3.05) is 0 Å². The van der Waals surface area contributed by atoms with E-state index in [1.165, 1.54) is 44.5 Å². The van der Waals surface area contributed by atoms with Gasteiger partial charge in [-0.3, -0.25) is 0 Å². The molecular formula is C41H50Cl2Zr. The molecule has 0 N–H and O–H groups in total.